The fourth-order valence-electron chi connectivity index (χ4n) is 7.26. The number of aryl methyl sites for hydroxylation is 1. The third-order valence-corrected chi connectivity index (χ3v) is 9.52. The summed E-state index contributed by atoms with van der Waals surface area (Å²) >= 11 is 0. The number of rotatable bonds is 5. The van der Waals surface area contributed by atoms with Crippen molar-refractivity contribution in [1.29, 1.82) is 0 Å². The van der Waals surface area contributed by atoms with Gasteiger partial charge in [-0.1, -0.05) is 0 Å². The van der Waals surface area contributed by atoms with Crippen LogP contribution in [-0.4, -0.2) is 75.4 Å². The number of allylic oxidation sites excluding steroid dienone is 1. The molecule has 0 saturated carbocycles. The number of piperidine rings is 1. The molecule has 46 heavy (non-hydrogen) atoms. The molecule has 7 heterocycles. The van der Waals surface area contributed by atoms with Crippen LogP contribution in [0.2, 0.25) is 0 Å². The maximum absolute atomic E-state index is 13.5. The molecule has 2 atom stereocenters. The average molecular weight is 619 g/mol. The van der Waals surface area contributed by atoms with Crippen LogP contribution in [0.15, 0.2) is 66.9 Å². The van der Waals surface area contributed by atoms with Crippen molar-refractivity contribution in [2.45, 2.75) is 31.3 Å². The Kier molecular flexibility index (Phi) is 6.93. The van der Waals surface area contributed by atoms with Gasteiger partial charge in [-0.15, -0.1) is 0 Å². The number of ether oxygens (including phenoxy) is 1. The van der Waals surface area contributed by atoms with Gasteiger partial charge >= 0.3 is 6.03 Å². The molecule has 4 aliphatic rings. The molecule has 3 N–H and O–H groups in total. The summed E-state index contributed by atoms with van der Waals surface area (Å²) in [5.74, 6) is 0.727. The number of likely N-dealkylation sites (tertiary alicyclic amines) is 1. The molecule has 2 bridgehead atoms. The molecule has 3 aromatic heterocycles. The molecule has 0 radical (unpaired) electrons. The Morgan fingerprint density at radius 1 is 1.09 bits per heavy atom. The van der Waals surface area contributed by atoms with Gasteiger partial charge in [0.1, 0.15) is 11.4 Å². The van der Waals surface area contributed by atoms with Crippen molar-refractivity contribution in [3.63, 3.8) is 0 Å². The molecule has 3 amide bonds. The Hall–Kier alpha value is -5.23. The first kappa shape index (κ1) is 28.3. The number of nitrogens with one attached hydrogen (secondary N) is 3. The zero-order valence-corrected chi connectivity index (χ0v) is 25.4. The van der Waals surface area contributed by atoms with Crippen LogP contribution in [0.3, 0.4) is 0 Å². The summed E-state index contributed by atoms with van der Waals surface area (Å²) in [7, 11) is 1.94. The number of hydrogen-bond donors (Lipinski definition) is 3. The van der Waals surface area contributed by atoms with E-state index in [0.29, 0.717) is 40.7 Å². The predicted molar refractivity (Wildman–Crippen MR) is 174 cm³/mol. The van der Waals surface area contributed by atoms with Gasteiger partial charge in [-0.05, 0) is 61.7 Å². The second kappa shape index (κ2) is 11.3. The monoisotopic (exact) mass is 618 g/mol. The number of piperazine rings is 1. The first-order chi connectivity index (χ1) is 22.4. The maximum atomic E-state index is 13.5. The Balaban J connectivity index is 0.999. The highest BCUT2D eigenvalue weighted by Gasteiger charge is 2.42. The second-order valence-corrected chi connectivity index (χ2v) is 12.4. The first-order valence-corrected chi connectivity index (χ1v) is 15.7. The largest absolute Gasteiger partial charge is 0.452 e. The minimum absolute atomic E-state index is 0.0501. The van der Waals surface area contributed by atoms with Crippen molar-refractivity contribution in [1.82, 2.24) is 24.8 Å². The minimum Gasteiger partial charge on any atom is -0.452 e. The van der Waals surface area contributed by atoms with Crippen LogP contribution in [0.5, 0.6) is 5.75 Å². The van der Waals surface area contributed by atoms with Crippen LogP contribution in [0, 0.1) is 5.92 Å². The molecule has 0 aliphatic carbocycles. The zero-order chi connectivity index (χ0) is 31.4. The summed E-state index contributed by atoms with van der Waals surface area (Å²) in [6, 6.07) is 10.8. The molecule has 3 fully saturated rings. The van der Waals surface area contributed by atoms with E-state index in [0.717, 1.165) is 67.7 Å². The van der Waals surface area contributed by atoms with Crippen molar-refractivity contribution in [3.8, 4) is 5.75 Å². The van der Waals surface area contributed by atoms with Crippen molar-refractivity contribution in [3.05, 3.63) is 78.1 Å². The highest BCUT2D eigenvalue weighted by molar-refractivity contribution is 6.16. The number of nitrogens with zero attached hydrogens (tertiary/aromatic N) is 5. The highest BCUT2D eigenvalue weighted by atomic mass is 16.5. The number of benzene rings is 1. The van der Waals surface area contributed by atoms with E-state index in [1.807, 2.05) is 30.1 Å². The summed E-state index contributed by atoms with van der Waals surface area (Å²) in [6.45, 7) is 3.29. The van der Waals surface area contributed by atoms with Crippen molar-refractivity contribution in [2.75, 3.05) is 41.7 Å². The fourth-order valence-corrected chi connectivity index (χ4v) is 7.26. The summed E-state index contributed by atoms with van der Waals surface area (Å²) in [5, 5.41) is 9.90. The lowest BCUT2D eigenvalue weighted by Crippen LogP contribution is -2.50. The maximum Gasteiger partial charge on any atom is 0.323 e. The predicted octanol–water partition coefficient (Wildman–Crippen LogP) is 4.02. The van der Waals surface area contributed by atoms with E-state index in [9.17, 15) is 14.4 Å². The molecule has 4 aromatic rings. The number of pyridine rings is 2. The van der Waals surface area contributed by atoms with E-state index in [4.69, 9.17) is 4.74 Å². The van der Waals surface area contributed by atoms with Gasteiger partial charge < -0.3 is 35.1 Å². The van der Waals surface area contributed by atoms with Crippen molar-refractivity contribution < 1.29 is 19.1 Å². The van der Waals surface area contributed by atoms with E-state index < -0.39 is 6.03 Å². The van der Waals surface area contributed by atoms with Gasteiger partial charge in [0, 0.05) is 92.1 Å². The molecule has 8 rings (SSSR count). The lowest BCUT2D eigenvalue weighted by Gasteiger charge is -2.37. The quantitative estimate of drug-likeness (QED) is 0.286. The van der Waals surface area contributed by atoms with Crippen LogP contribution in [0.1, 0.15) is 35.2 Å². The normalized spacial score (nSPS) is 21.6. The summed E-state index contributed by atoms with van der Waals surface area (Å²) in [5.41, 5.74) is 4.05. The molecule has 4 aliphatic heterocycles. The third kappa shape index (κ3) is 5.04. The number of anilines is 3. The van der Waals surface area contributed by atoms with E-state index in [2.05, 4.69) is 35.7 Å². The Morgan fingerprint density at radius 2 is 1.93 bits per heavy atom. The smallest absolute Gasteiger partial charge is 0.323 e. The van der Waals surface area contributed by atoms with Crippen LogP contribution in [0.4, 0.5) is 21.9 Å². The average Bonchev–Trinajstić information content (AvgIpc) is 3.85. The molecule has 0 spiro atoms. The minimum atomic E-state index is -0.445. The number of ketones is 1. The van der Waals surface area contributed by atoms with Gasteiger partial charge in [-0.3, -0.25) is 14.6 Å². The number of carbonyl (C=O) groups is 3. The number of aromatic nitrogens is 3. The SMILES string of the molecule is Cn1cc(C=C2Oc3ccc(NC(=O)Nc4cccnc4)cc3C2=O)c2c(N3CCC(C(=O)N4CC5CC4CN5)CC3)ccnc21. The van der Waals surface area contributed by atoms with Crippen LogP contribution in [-0.2, 0) is 11.8 Å². The summed E-state index contributed by atoms with van der Waals surface area (Å²) in [4.78, 5) is 52.4. The Morgan fingerprint density at radius 3 is 2.70 bits per heavy atom. The number of urea groups is 1. The lowest BCUT2D eigenvalue weighted by atomic mass is 9.94. The highest BCUT2D eigenvalue weighted by Crippen LogP contribution is 2.38. The van der Waals surface area contributed by atoms with Gasteiger partial charge in [0.15, 0.2) is 5.76 Å². The molecule has 2 unspecified atom stereocenters. The van der Waals surface area contributed by atoms with Crippen LogP contribution in [0.25, 0.3) is 17.1 Å². The standard InChI is InChI=1S/C34H34N8O4/c1-40-18-21(13-29-31(43)26-15-22(4-5-28(26)46-29)38-34(45)39-23-3-2-9-35-16-23)30-27(6-10-36-32(30)40)41-11-7-20(8-12-41)33(44)42-19-24-14-25(42)17-37-24/h2-6,9-10,13,15-16,18,20,24-25,37H,7-8,11-12,14,17,19H2,1H3,(H2,38,39,45). The van der Waals surface area contributed by atoms with E-state index in [1.54, 1.807) is 48.8 Å². The Labute approximate surface area is 265 Å². The molecule has 1 aromatic carbocycles. The van der Waals surface area contributed by atoms with Gasteiger partial charge in [-0.25, -0.2) is 9.78 Å². The Bertz CT molecular complexity index is 1900. The number of amides is 3. The molecule has 3 saturated heterocycles. The van der Waals surface area contributed by atoms with Gasteiger partial charge in [0.05, 0.1) is 17.4 Å². The van der Waals surface area contributed by atoms with Gasteiger partial charge in [0.25, 0.3) is 0 Å². The molecule has 12 nitrogen and oxygen atoms in total. The van der Waals surface area contributed by atoms with Gasteiger partial charge in [0.2, 0.25) is 11.7 Å². The van der Waals surface area contributed by atoms with Gasteiger partial charge in [-0.2, -0.15) is 0 Å². The zero-order valence-electron chi connectivity index (χ0n) is 25.4. The third-order valence-electron chi connectivity index (χ3n) is 9.52. The van der Waals surface area contributed by atoms with E-state index in [-0.39, 0.29) is 17.5 Å². The second-order valence-electron chi connectivity index (χ2n) is 12.4. The molecule has 234 valence electrons. The lowest BCUT2D eigenvalue weighted by molar-refractivity contribution is -0.137. The van der Waals surface area contributed by atoms with E-state index in [1.165, 1.54) is 0 Å². The van der Waals surface area contributed by atoms with Crippen LogP contribution < -0.4 is 25.6 Å². The van der Waals surface area contributed by atoms with Crippen molar-refractivity contribution in [2.24, 2.45) is 13.0 Å². The van der Waals surface area contributed by atoms with Crippen molar-refractivity contribution >= 4 is 51.9 Å². The molecular weight excluding hydrogens is 584 g/mol. The van der Waals surface area contributed by atoms with Crippen LogP contribution >= 0.6 is 0 Å². The topological polar surface area (TPSA) is 134 Å². The number of Topliss-reactive ketones (excluding diaryl/α,β-unsaturated/α-hetero) is 1. The fraction of sp³-hybridized carbons (Fsp3) is 0.324. The number of hydrogen-bond acceptors (Lipinski definition) is 8. The number of carbonyl (C=O) groups excluding carboxylic acids is 3. The summed E-state index contributed by atoms with van der Waals surface area (Å²) < 4.78 is 7.97. The first-order valence-electron chi connectivity index (χ1n) is 15.7. The number of fused-ring (bicyclic) bond motifs is 4. The molecule has 12 heteroatoms. The summed E-state index contributed by atoms with van der Waals surface area (Å²) in [6.07, 6.45) is 11.4. The molecular formula is C34H34N8O4. The van der Waals surface area contributed by atoms with E-state index >= 15 is 0 Å².